The van der Waals surface area contributed by atoms with E-state index in [4.69, 9.17) is 4.98 Å². The highest BCUT2D eigenvalue weighted by molar-refractivity contribution is 7.21. The van der Waals surface area contributed by atoms with Gasteiger partial charge in [0.1, 0.15) is 5.01 Å². The summed E-state index contributed by atoms with van der Waals surface area (Å²) < 4.78 is 1.25. The molecule has 0 aliphatic heterocycles. The average Bonchev–Trinajstić information content (AvgIpc) is 3.25. The number of thiazole rings is 1. The van der Waals surface area contributed by atoms with Crippen LogP contribution in [0.2, 0.25) is 0 Å². The predicted octanol–water partition coefficient (Wildman–Crippen LogP) is 7.05. The first kappa shape index (κ1) is 15.8. The lowest BCUT2D eigenvalue weighted by atomic mass is 9.73. The van der Waals surface area contributed by atoms with Gasteiger partial charge in [0.15, 0.2) is 0 Å². The van der Waals surface area contributed by atoms with Crippen molar-refractivity contribution in [3.05, 3.63) is 77.9 Å². The van der Waals surface area contributed by atoms with Gasteiger partial charge in [-0.3, -0.25) is 0 Å². The third-order valence-corrected chi connectivity index (χ3v) is 7.10. The number of aromatic nitrogens is 1. The Kier molecular flexibility index (Phi) is 3.51. The molecule has 0 radical (unpaired) electrons. The van der Waals surface area contributed by atoms with E-state index < -0.39 is 0 Å². The lowest BCUT2D eigenvalue weighted by Gasteiger charge is -2.29. The van der Waals surface area contributed by atoms with Gasteiger partial charge in [0.2, 0.25) is 0 Å². The second-order valence-electron chi connectivity index (χ2n) is 7.08. The van der Waals surface area contributed by atoms with E-state index in [0.29, 0.717) is 0 Å². The Morgan fingerprint density at radius 3 is 2.35 bits per heavy atom. The zero-order valence-electron chi connectivity index (χ0n) is 15.1. The first-order chi connectivity index (χ1) is 12.8. The van der Waals surface area contributed by atoms with Gasteiger partial charge in [-0.15, -0.1) is 11.3 Å². The van der Waals surface area contributed by atoms with Crippen molar-refractivity contribution in [2.24, 2.45) is 0 Å². The molecule has 2 heteroatoms. The highest BCUT2D eigenvalue weighted by atomic mass is 32.1. The Bertz CT molecular complexity index is 1080. The van der Waals surface area contributed by atoms with E-state index in [9.17, 15) is 0 Å². The summed E-state index contributed by atoms with van der Waals surface area (Å²) in [7, 11) is 0. The molecule has 4 aromatic rings. The van der Waals surface area contributed by atoms with Crippen molar-refractivity contribution in [2.45, 2.75) is 32.1 Å². The maximum Gasteiger partial charge on any atom is 0.124 e. The molecule has 0 saturated carbocycles. The Hall–Kier alpha value is -2.45. The van der Waals surface area contributed by atoms with Crippen LogP contribution in [0.5, 0.6) is 0 Å². The van der Waals surface area contributed by atoms with Crippen LogP contribution in [-0.2, 0) is 5.41 Å². The molecule has 0 saturated heterocycles. The van der Waals surface area contributed by atoms with Gasteiger partial charge in [0, 0.05) is 11.0 Å². The summed E-state index contributed by atoms with van der Waals surface area (Å²) in [6.07, 6.45) is 2.24. The molecule has 0 amide bonds. The predicted molar refractivity (Wildman–Crippen MR) is 112 cm³/mol. The van der Waals surface area contributed by atoms with Gasteiger partial charge in [-0.1, -0.05) is 62.4 Å². The molecule has 1 nitrogen and oxygen atoms in total. The molecule has 5 rings (SSSR count). The normalized spacial score (nSPS) is 14.4. The molecular weight excluding hydrogens is 334 g/mol. The van der Waals surface area contributed by atoms with Crippen LogP contribution in [0.3, 0.4) is 0 Å². The topological polar surface area (TPSA) is 12.9 Å². The molecule has 0 unspecified atom stereocenters. The quantitative estimate of drug-likeness (QED) is 0.384. The van der Waals surface area contributed by atoms with Crippen LogP contribution < -0.4 is 0 Å². The van der Waals surface area contributed by atoms with Crippen LogP contribution >= 0.6 is 11.3 Å². The maximum absolute atomic E-state index is 4.88. The van der Waals surface area contributed by atoms with Crippen LogP contribution in [0.1, 0.15) is 37.8 Å². The fourth-order valence-corrected chi connectivity index (χ4v) is 5.56. The van der Waals surface area contributed by atoms with Gasteiger partial charge < -0.3 is 0 Å². The number of fused-ring (bicyclic) bond motifs is 4. The minimum absolute atomic E-state index is 0.124. The summed E-state index contributed by atoms with van der Waals surface area (Å²) in [5.41, 5.74) is 8.22. The van der Waals surface area contributed by atoms with Crippen molar-refractivity contribution < 1.29 is 0 Å². The molecule has 3 aromatic carbocycles. The first-order valence-corrected chi connectivity index (χ1v) is 10.2. The standard InChI is InChI=1S/C24H21NS/c1-3-24(4-2)19-10-6-5-9-17(19)18-14-13-16(15-20(18)24)23-25-21-11-7-8-12-22(21)26-23/h5-15H,3-4H2,1-2H3. The van der Waals surface area contributed by atoms with Gasteiger partial charge in [-0.2, -0.15) is 0 Å². The zero-order chi connectivity index (χ0) is 17.7. The monoisotopic (exact) mass is 355 g/mol. The minimum atomic E-state index is 0.124. The van der Waals surface area contributed by atoms with Crippen molar-refractivity contribution in [2.75, 3.05) is 0 Å². The van der Waals surface area contributed by atoms with Crippen molar-refractivity contribution in [3.63, 3.8) is 0 Å². The van der Waals surface area contributed by atoms with Crippen LogP contribution in [0, 0.1) is 0 Å². The van der Waals surface area contributed by atoms with Gasteiger partial charge in [0.25, 0.3) is 0 Å². The summed E-state index contributed by atoms with van der Waals surface area (Å²) in [6.45, 7) is 4.64. The van der Waals surface area contributed by atoms with Gasteiger partial charge in [0.05, 0.1) is 10.2 Å². The zero-order valence-corrected chi connectivity index (χ0v) is 15.9. The van der Waals surface area contributed by atoms with Crippen molar-refractivity contribution in [1.29, 1.82) is 0 Å². The molecule has 1 heterocycles. The first-order valence-electron chi connectivity index (χ1n) is 9.37. The van der Waals surface area contributed by atoms with E-state index in [1.807, 2.05) is 0 Å². The van der Waals surface area contributed by atoms with E-state index in [-0.39, 0.29) is 5.41 Å². The maximum atomic E-state index is 4.88. The molecule has 0 spiro atoms. The lowest BCUT2D eigenvalue weighted by molar-refractivity contribution is 0.490. The number of benzene rings is 3. The van der Waals surface area contributed by atoms with Gasteiger partial charge >= 0.3 is 0 Å². The van der Waals surface area contributed by atoms with Gasteiger partial charge in [-0.25, -0.2) is 4.98 Å². The van der Waals surface area contributed by atoms with Crippen LogP contribution in [0.25, 0.3) is 31.9 Å². The minimum Gasteiger partial charge on any atom is -0.236 e. The summed E-state index contributed by atoms with van der Waals surface area (Å²) in [6, 6.07) is 24.3. The third kappa shape index (κ3) is 2.05. The number of rotatable bonds is 3. The SMILES string of the molecule is CCC1(CC)c2ccccc2-c2ccc(-c3nc4ccccc4s3)cc21. The summed E-state index contributed by atoms with van der Waals surface area (Å²) in [4.78, 5) is 4.88. The average molecular weight is 356 g/mol. The molecule has 1 aromatic heterocycles. The summed E-state index contributed by atoms with van der Waals surface area (Å²) in [5, 5.41) is 1.12. The Labute approximate surface area is 158 Å². The molecule has 1 aliphatic rings. The molecule has 0 N–H and O–H groups in total. The third-order valence-electron chi connectivity index (χ3n) is 6.02. The van der Waals surface area contributed by atoms with E-state index >= 15 is 0 Å². The number of nitrogens with zero attached hydrogens (tertiary/aromatic N) is 1. The Morgan fingerprint density at radius 2 is 1.54 bits per heavy atom. The Morgan fingerprint density at radius 1 is 0.808 bits per heavy atom. The summed E-state index contributed by atoms with van der Waals surface area (Å²) in [5.74, 6) is 0. The highest BCUT2D eigenvalue weighted by Gasteiger charge is 2.40. The van der Waals surface area contributed by atoms with Crippen molar-refractivity contribution >= 4 is 21.6 Å². The number of hydrogen-bond donors (Lipinski definition) is 0. The molecule has 0 bridgehead atoms. The van der Waals surface area contributed by atoms with E-state index in [2.05, 4.69) is 80.6 Å². The van der Waals surface area contributed by atoms with Crippen LogP contribution in [0.4, 0.5) is 0 Å². The molecular formula is C24H21NS. The number of para-hydroxylation sites is 1. The van der Waals surface area contributed by atoms with Crippen LogP contribution in [-0.4, -0.2) is 4.98 Å². The summed E-state index contributed by atoms with van der Waals surface area (Å²) >= 11 is 1.78. The Balaban J connectivity index is 1.73. The second-order valence-corrected chi connectivity index (χ2v) is 8.11. The van der Waals surface area contributed by atoms with E-state index in [1.54, 1.807) is 11.3 Å². The molecule has 0 atom stereocenters. The molecule has 128 valence electrons. The number of hydrogen-bond acceptors (Lipinski definition) is 2. The molecule has 0 fully saturated rings. The fourth-order valence-electron chi connectivity index (χ4n) is 4.60. The van der Waals surface area contributed by atoms with Crippen LogP contribution in [0.15, 0.2) is 66.7 Å². The van der Waals surface area contributed by atoms with Crippen molar-refractivity contribution in [3.8, 4) is 21.7 Å². The molecule has 26 heavy (non-hydrogen) atoms. The highest BCUT2D eigenvalue weighted by Crippen LogP contribution is 2.53. The van der Waals surface area contributed by atoms with Crippen molar-refractivity contribution in [1.82, 2.24) is 4.98 Å². The van der Waals surface area contributed by atoms with Gasteiger partial charge in [-0.05, 0) is 53.3 Å². The fraction of sp³-hybridized carbons (Fsp3) is 0.208. The van der Waals surface area contributed by atoms with E-state index in [1.165, 1.54) is 32.5 Å². The second kappa shape index (κ2) is 5.78. The largest absolute Gasteiger partial charge is 0.236 e. The van der Waals surface area contributed by atoms with E-state index in [0.717, 1.165) is 23.4 Å². The smallest absolute Gasteiger partial charge is 0.124 e. The lowest BCUT2D eigenvalue weighted by Crippen LogP contribution is -2.23. The molecule has 1 aliphatic carbocycles.